The number of carbonyl (C=O) groups is 3. The molecule has 7 nitrogen and oxygen atoms in total. The minimum atomic E-state index is -0.608. The van der Waals surface area contributed by atoms with Crippen LogP contribution >= 0.6 is 0 Å². The molecular weight excluding hydrogens is 384 g/mol. The second-order valence-electron chi connectivity index (χ2n) is 7.06. The molecule has 2 aromatic heterocycles. The van der Waals surface area contributed by atoms with Crippen molar-refractivity contribution in [1.82, 2.24) is 9.97 Å². The SMILES string of the molecule is CCOC(=O)c1c(C)[nH]c(C(=O)COC(=O)c2c(C)nc3ccccc3c2C)c1C. The van der Waals surface area contributed by atoms with E-state index < -0.39 is 24.3 Å². The molecule has 0 spiro atoms. The Morgan fingerprint density at radius 3 is 2.30 bits per heavy atom. The number of nitrogens with zero attached hydrogens (tertiary/aromatic N) is 1. The Hall–Kier alpha value is -3.48. The Kier molecular flexibility index (Phi) is 6.01. The van der Waals surface area contributed by atoms with Gasteiger partial charge in [0.15, 0.2) is 6.61 Å². The maximum Gasteiger partial charge on any atom is 0.340 e. The van der Waals surface area contributed by atoms with Crippen LogP contribution in [0.15, 0.2) is 24.3 Å². The van der Waals surface area contributed by atoms with Crippen LogP contribution in [-0.4, -0.2) is 40.9 Å². The normalized spacial score (nSPS) is 10.8. The van der Waals surface area contributed by atoms with E-state index in [9.17, 15) is 14.4 Å². The zero-order valence-electron chi connectivity index (χ0n) is 17.7. The molecule has 0 bridgehead atoms. The lowest BCUT2D eigenvalue weighted by atomic mass is 10.0. The number of aromatic nitrogens is 2. The summed E-state index contributed by atoms with van der Waals surface area (Å²) in [7, 11) is 0. The topological polar surface area (TPSA) is 98.4 Å². The smallest absolute Gasteiger partial charge is 0.340 e. The highest BCUT2D eigenvalue weighted by molar-refractivity contribution is 6.04. The number of ether oxygens (including phenoxy) is 2. The van der Waals surface area contributed by atoms with Gasteiger partial charge in [-0.2, -0.15) is 0 Å². The van der Waals surface area contributed by atoms with Crippen molar-refractivity contribution in [1.29, 1.82) is 0 Å². The molecule has 156 valence electrons. The fourth-order valence-electron chi connectivity index (χ4n) is 3.65. The van der Waals surface area contributed by atoms with Crippen LogP contribution < -0.4 is 0 Å². The van der Waals surface area contributed by atoms with Gasteiger partial charge in [0.25, 0.3) is 0 Å². The van der Waals surface area contributed by atoms with E-state index in [1.54, 1.807) is 27.7 Å². The van der Waals surface area contributed by atoms with Gasteiger partial charge in [-0.05, 0) is 51.8 Å². The van der Waals surface area contributed by atoms with Gasteiger partial charge in [-0.15, -0.1) is 0 Å². The fraction of sp³-hybridized carbons (Fsp3) is 0.304. The highest BCUT2D eigenvalue weighted by Crippen LogP contribution is 2.24. The van der Waals surface area contributed by atoms with Gasteiger partial charge in [-0.3, -0.25) is 9.78 Å². The number of para-hydroxylation sites is 1. The van der Waals surface area contributed by atoms with Crippen LogP contribution in [0.3, 0.4) is 0 Å². The predicted octanol–water partition coefficient (Wildman–Crippen LogP) is 4.01. The highest BCUT2D eigenvalue weighted by Gasteiger charge is 2.24. The first kappa shape index (κ1) is 21.2. The van der Waals surface area contributed by atoms with Crippen LogP contribution in [-0.2, 0) is 9.47 Å². The third kappa shape index (κ3) is 3.83. The molecule has 2 heterocycles. The number of hydrogen-bond acceptors (Lipinski definition) is 6. The van der Waals surface area contributed by atoms with E-state index >= 15 is 0 Å². The molecule has 0 aliphatic carbocycles. The summed E-state index contributed by atoms with van der Waals surface area (Å²) in [6.07, 6.45) is 0. The molecule has 0 unspecified atom stereocenters. The van der Waals surface area contributed by atoms with Crippen LogP contribution in [0.1, 0.15) is 60.6 Å². The maximum atomic E-state index is 12.7. The van der Waals surface area contributed by atoms with Crippen molar-refractivity contribution in [2.45, 2.75) is 34.6 Å². The number of pyridine rings is 1. The quantitative estimate of drug-likeness (QED) is 0.489. The predicted molar refractivity (Wildman–Crippen MR) is 112 cm³/mol. The molecule has 0 saturated carbocycles. The van der Waals surface area contributed by atoms with Gasteiger partial charge in [0, 0.05) is 11.1 Å². The molecule has 3 rings (SSSR count). The largest absolute Gasteiger partial charge is 0.462 e. The van der Waals surface area contributed by atoms with Crippen LogP contribution in [0, 0.1) is 27.7 Å². The van der Waals surface area contributed by atoms with Crippen molar-refractivity contribution >= 4 is 28.6 Å². The molecule has 0 saturated heterocycles. The average Bonchev–Trinajstić information content (AvgIpc) is 3.00. The zero-order valence-corrected chi connectivity index (χ0v) is 17.7. The van der Waals surface area contributed by atoms with E-state index in [0.29, 0.717) is 28.1 Å². The van der Waals surface area contributed by atoms with Crippen molar-refractivity contribution in [3.8, 4) is 0 Å². The van der Waals surface area contributed by atoms with Crippen LogP contribution in [0.4, 0.5) is 0 Å². The second-order valence-corrected chi connectivity index (χ2v) is 7.06. The minimum Gasteiger partial charge on any atom is -0.462 e. The first-order chi connectivity index (χ1) is 14.3. The third-order valence-electron chi connectivity index (χ3n) is 5.07. The van der Waals surface area contributed by atoms with Crippen LogP contribution in [0.2, 0.25) is 0 Å². The monoisotopic (exact) mass is 408 g/mol. The standard InChI is InChI=1S/C23H24N2O5/c1-6-29-22(27)20-13(3)21(25-15(20)5)18(26)11-30-23(28)19-12(2)16-9-7-8-10-17(16)24-14(19)4/h7-10,25H,6,11H2,1-5H3. The molecule has 1 N–H and O–H groups in total. The fourth-order valence-corrected chi connectivity index (χ4v) is 3.65. The summed E-state index contributed by atoms with van der Waals surface area (Å²) in [4.78, 5) is 44.9. The summed E-state index contributed by atoms with van der Waals surface area (Å²) in [5.74, 6) is -1.53. The first-order valence-corrected chi connectivity index (χ1v) is 9.68. The van der Waals surface area contributed by atoms with Gasteiger partial charge < -0.3 is 14.5 Å². The van der Waals surface area contributed by atoms with E-state index in [1.807, 2.05) is 31.2 Å². The zero-order chi connectivity index (χ0) is 22.0. The summed E-state index contributed by atoms with van der Waals surface area (Å²) < 4.78 is 10.3. The summed E-state index contributed by atoms with van der Waals surface area (Å²) in [5.41, 5.74) is 4.02. The van der Waals surface area contributed by atoms with Gasteiger partial charge in [-0.1, -0.05) is 18.2 Å². The summed E-state index contributed by atoms with van der Waals surface area (Å²) in [5, 5.41) is 0.858. The third-order valence-corrected chi connectivity index (χ3v) is 5.07. The number of esters is 2. The molecule has 30 heavy (non-hydrogen) atoms. The van der Waals surface area contributed by atoms with E-state index in [2.05, 4.69) is 9.97 Å². The minimum absolute atomic E-state index is 0.230. The van der Waals surface area contributed by atoms with Crippen molar-refractivity contribution < 1.29 is 23.9 Å². The van der Waals surface area contributed by atoms with Crippen LogP contribution in [0.5, 0.6) is 0 Å². The molecular formula is C23H24N2O5. The molecule has 1 aromatic carbocycles. The Morgan fingerprint density at radius 2 is 1.60 bits per heavy atom. The number of benzene rings is 1. The number of nitrogens with one attached hydrogen (secondary N) is 1. The number of aryl methyl sites for hydroxylation is 3. The number of aromatic amines is 1. The van der Waals surface area contributed by atoms with Gasteiger partial charge in [0.05, 0.1) is 34.6 Å². The molecule has 0 amide bonds. The molecule has 3 aromatic rings. The van der Waals surface area contributed by atoms with Gasteiger partial charge >= 0.3 is 11.9 Å². The molecule has 0 aliphatic heterocycles. The molecule has 0 atom stereocenters. The molecule has 0 fully saturated rings. The van der Waals surface area contributed by atoms with E-state index in [1.165, 1.54) is 0 Å². The second kappa shape index (κ2) is 8.49. The van der Waals surface area contributed by atoms with E-state index in [0.717, 1.165) is 16.5 Å². The van der Waals surface area contributed by atoms with Gasteiger partial charge in [0.1, 0.15) is 0 Å². The lowest BCUT2D eigenvalue weighted by Crippen LogP contribution is -2.17. The number of ketones is 1. The lowest BCUT2D eigenvalue weighted by Gasteiger charge is -2.12. The molecule has 0 radical (unpaired) electrons. The Labute approximate surface area is 174 Å². The average molecular weight is 408 g/mol. The highest BCUT2D eigenvalue weighted by atomic mass is 16.5. The summed E-state index contributed by atoms with van der Waals surface area (Å²) >= 11 is 0. The molecule has 7 heteroatoms. The number of rotatable bonds is 6. The van der Waals surface area contributed by atoms with E-state index in [4.69, 9.17) is 9.47 Å². The Morgan fingerprint density at radius 1 is 0.933 bits per heavy atom. The summed E-state index contributed by atoms with van der Waals surface area (Å²) in [6.45, 7) is 8.42. The van der Waals surface area contributed by atoms with Gasteiger partial charge in [-0.25, -0.2) is 9.59 Å². The molecule has 0 aliphatic rings. The van der Waals surface area contributed by atoms with Crippen molar-refractivity contribution in [3.63, 3.8) is 0 Å². The Bertz CT molecular complexity index is 1160. The number of hydrogen-bond donors (Lipinski definition) is 1. The van der Waals surface area contributed by atoms with Gasteiger partial charge in [0.2, 0.25) is 5.78 Å². The van der Waals surface area contributed by atoms with Crippen molar-refractivity contribution in [3.05, 3.63) is 63.6 Å². The summed E-state index contributed by atoms with van der Waals surface area (Å²) in [6, 6.07) is 7.53. The lowest BCUT2D eigenvalue weighted by molar-refractivity contribution is 0.0470. The maximum absolute atomic E-state index is 12.7. The van der Waals surface area contributed by atoms with E-state index in [-0.39, 0.29) is 12.3 Å². The number of carbonyl (C=O) groups excluding carboxylic acids is 3. The first-order valence-electron chi connectivity index (χ1n) is 9.68. The number of Topliss-reactive ketones (excluding diaryl/α,β-unsaturated/α-hetero) is 1. The number of H-pyrrole nitrogens is 1. The Balaban J connectivity index is 1.81. The van der Waals surface area contributed by atoms with Crippen LogP contribution in [0.25, 0.3) is 10.9 Å². The number of fused-ring (bicyclic) bond motifs is 1. The van der Waals surface area contributed by atoms with Crippen molar-refractivity contribution in [2.24, 2.45) is 0 Å². The van der Waals surface area contributed by atoms with Crippen molar-refractivity contribution in [2.75, 3.05) is 13.2 Å².